The first kappa shape index (κ1) is 41.2. The Morgan fingerprint density at radius 3 is 2.21 bits per heavy atom. The van der Waals surface area contributed by atoms with E-state index >= 15 is 0 Å². The summed E-state index contributed by atoms with van der Waals surface area (Å²) in [5.74, 6) is 2.28. The highest BCUT2D eigenvalue weighted by molar-refractivity contribution is 6.30. The number of carbonyl (C=O) groups excluding carboxylic acids is 3. The molecule has 0 spiro atoms. The highest BCUT2D eigenvalue weighted by atomic mass is 35.5. The molecule has 5 aliphatic carbocycles. The number of oxazole rings is 1. The Kier molecular flexibility index (Phi) is 9.99. The molecule has 0 radical (unpaired) electrons. The number of nitrogens with zero attached hydrogens (tertiary/aromatic N) is 1. The molecule has 306 valence electrons. The van der Waals surface area contributed by atoms with E-state index in [1.807, 2.05) is 51.2 Å². The second-order valence-corrected chi connectivity index (χ2v) is 22.2. The zero-order valence-electron chi connectivity index (χ0n) is 36.1. The summed E-state index contributed by atoms with van der Waals surface area (Å²) in [6.45, 7) is 25.8. The second kappa shape index (κ2) is 13.6. The molecule has 1 heterocycles. The maximum Gasteiger partial charge on any atom is 0.312 e. The smallest absolute Gasteiger partial charge is 0.312 e. The fourth-order valence-electron chi connectivity index (χ4n) is 13.4. The van der Waals surface area contributed by atoms with E-state index in [9.17, 15) is 14.4 Å². The lowest BCUT2D eigenvalue weighted by atomic mass is 9.33. The summed E-state index contributed by atoms with van der Waals surface area (Å²) in [6, 6.07) is 7.59. The van der Waals surface area contributed by atoms with Gasteiger partial charge in [0.25, 0.3) is 0 Å². The Hall–Kier alpha value is -2.93. The molecule has 1 aromatic carbocycles. The van der Waals surface area contributed by atoms with Gasteiger partial charge in [0.1, 0.15) is 17.5 Å². The third kappa shape index (κ3) is 6.34. The van der Waals surface area contributed by atoms with Crippen molar-refractivity contribution in [1.82, 2.24) is 4.98 Å². The minimum Gasteiger partial charge on any atom is -0.462 e. The Morgan fingerprint density at radius 1 is 0.893 bits per heavy atom. The number of halogens is 1. The van der Waals surface area contributed by atoms with Crippen LogP contribution in [0.1, 0.15) is 153 Å². The zero-order chi connectivity index (χ0) is 41.0. The van der Waals surface area contributed by atoms with Gasteiger partial charge < -0.3 is 13.9 Å². The number of benzene rings is 1. The average Bonchev–Trinajstić information content (AvgIpc) is 3.69. The molecule has 7 nitrogen and oxygen atoms in total. The number of ketones is 1. The minimum absolute atomic E-state index is 0.00717. The van der Waals surface area contributed by atoms with Gasteiger partial charge in [-0.25, -0.2) is 4.98 Å². The number of fused-ring (bicyclic) bond motifs is 7. The van der Waals surface area contributed by atoms with E-state index in [0.29, 0.717) is 29.2 Å². The van der Waals surface area contributed by atoms with Gasteiger partial charge in [0, 0.05) is 22.4 Å². The van der Waals surface area contributed by atoms with Gasteiger partial charge in [-0.3, -0.25) is 14.4 Å². The van der Waals surface area contributed by atoms with Crippen LogP contribution in [0.25, 0.3) is 11.5 Å². The van der Waals surface area contributed by atoms with E-state index in [-0.39, 0.29) is 63.7 Å². The first-order valence-corrected chi connectivity index (χ1v) is 21.7. The number of esters is 2. The van der Waals surface area contributed by atoms with Crippen molar-refractivity contribution in [2.24, 2.45) is 50.7 Å². The number of hydrogen-bond acceptors (Lipinski definition) is 7. The van der Waals surface area contributed by atoms with Crippen molar-refractivity contribution < 1.29 is 28.3 Å². The SMILES string of the molecule is CC(C)C1=C2[C@H]3CC[C@@H]4[C@@]5(C)CC[C@H](OC(=O)CC(C)(C)C(=O)OC(C)(C)C)C(C)(C)[C@@H]5CC[C@@]4(C)[C@]3(C)CC[C@@]2(c2cnc(-c3ccc(Cl)cc3)o2)CC1=O. The number of allylic oxidation sites excluding steroid dienone is 2. The molecule has 5 aliphatic rings. The molecule has 0 saturated heterocycles. The molecular formula is C48H66ClNO6. The Labute approximate surface area is 340 Å². The molecule has 7 rings (SSSR count). The lowest BCUT2D eigenvalue weighted by molar-refractivity contribution is -0.232. The van der Waals surface area contributed by atoms with Crippen LogP contribution in [0.3, 0.4) is 0 Å². The summed E-state index contributed by atoms with van der Waals surface area (Å²) in [7, 11) is 0. The molecule has 1 aromatic heterocycles. The first-order chi connectivity index (χ1) is 25.9. The van der Waals surface area contributed by atoms with Gasteiger partial charge in [-0.15, -0.1) is 0 Å². The molecule has 0 amide bonds. The highest BCUT2D eigenvalue weighted by Crippen LogP contribution is 2.77. The zero-order valence-corrected chi connectivity index (χ0v) is 36.9. The molecule has 56 heavy (non-hydrogen) atoms. The van der Waals surface area contributed by atoms with Crippen LogP contribution in [0.2, 0.25) is 5.02 Å². The monoisotopic (exact) mass is 787 g/mol. The van der Waals surface area contributed by atoms with E-state index in [0.717, 1.165) is 68.3 Å². The molecule has 0 N–H and O–H groups in total. The molecule has 0 aliphatic heterocycles. The number of aromatic nitrogens is 1. The second-order valence-electron chi connectivity index (χ2n) is 21.7. The topological polar surface area (TPSA) is 95.7 Å². The molecule has 0 bridgehead atoms. The lowest BCUT2D eigenvalue weighted by Crippen LogP contribution is -2.66. The Bertz CT molecular complexity index is 1930. The van der Waals surface area contributed by atoms with Gasteiger partial charge in [-0.05, 0) is 161 Å². The summed E-state index contributed by atoms with van der Waals surface area (Å²) in [5, 5.41) is 0.669. The molecule has 4 saturated carbocycles. The van der Waals surface area contributed by atoms with Crippen molar-refractivity contribution in [1.29, 1.82) is 0 Å². The predicted octanol–water partition coefficient (Wildman–Crippen LogP) is 11.9. The van der Waals surface area contributed by atoms with Gasteiger partial charge in [-0.2, -0.15) is 0 Å². The van der Waals surface area contributed by atoms with Crippen LogP contribution in [0.15, 0.2) is 46.0 Å². The van der Waals surface area contributed by atoms with E-state index in [4.69, 9.17) is 30.5 Å². The quantitative estimate of drug-likeness (QED) is 0.258. The van der Waals surface area contributed by atoms with E-state index in [2.05, 4.69) is 48.5 Å². The summed E-state index contributed by atoms with van der Waals surface area (Å²) >= 11 is 6.20. The summed E-state index contributed by atoms with van der Waals surface area (Å²) in [6.07, 6.45) is 10.2. The van der Waals surface area contributed by atoms with Crippen molar-refractivity contribution in [2.45, 2.75) is 164 Å². The lowest BCUT2D eigenvalue weighted by Gasteiger charge is -2.72. The Morgan fingerprint density at radius 2 is 1.57 bits per heavy atom. The van der Waals surface area contributed by atoms with Crippen LogP contribution < -0.4 is 0 Å². The average molecular weight is 789 g/mol. The first-order valence-electron chi connectivity index (χ1n) is 21.3. The van der Waals surface area contributed by atoms with Crippen molar-refractivity contribution in [3.8, 4) is 11.5 Å². The molecule has 0 unspecified atom stereocenters. The van der Waals surface area contributed by atoms with Crippen molar-refractivity contribution in [3.63, 3.8) is 0 Å². The van der Waals surface area contributed by atoms with Crippen LogP contribution in [-0.2, 0) is 29.3 Å². The van der Waals surface area contributed by atoms with Gasteiger partial charge in [0.05, 0.1) is 23.4 Å². The maximum atomic E-state index is 14.2. The van der Waals surface area contributed by atoms with E-state index in [1.165, 1.54) is 5.57 Å². The number of Topliss-reactive ketones (excluding diaryl/α,β-unsaturated/α-hetero) is 1. The van der Waals surface area contributed by atoms with Gasteiger partial charge in [0.2, 0.25) is 5.89 Å². The maximum absolute atomic E-state index is 14.2. The summed E-state index contributed by atoms with van der Waals surface area (Å²) in [4.78, 5) is 45.5. The van der Waals surface area contributed by atoms with Crippen molar-refractivity contribution in [2.75, 3.05) is 0 Å². The van der Waals surface area contributed by atoms with Crippen molar-refractivity contribution >= 4 is 29.3 Å². The van der Waals surface area contributed by atoms with Crippen molar-refractivity contribution in [3.05, 3.63) is 52.4 Å². The van der Waals surface area contributed by atoms with E-state index < -0.39 is 16.4 Å². The molecule has 2 aromatic rings. The number of carbonyl (C=O) groups is 3. The number of ether oxygens (including phenoxy) is 2. The standard InChI is InChI=1S/C48H66ClNO6/c1-28(2)38-32(51)25-48(36-27-50-40(55-36)29-13-15-30(49)16-14-29)24-23-46(11)31(39(38)48)17-18-34-45(10)21-20-35(44(8,9)33(45)19-22-47(34,46)12)54-37(52)26-43(6,7)41(53)56-42(3,4)5/h13-16,27-28,31,33-35H,17-26H2,1-12H3/t31-,33+,34-,35+,45+,46-,47-,48+/m1/s1. The number of hydrogen-bond donors (Lipinski definition) is 0. The third-order valence-corrected chi connectivity index (χ3v) is 16.5. The molecule has 4 fully saturated rings. The Balaban J connectivity index is 1.16. The minimum atomic E-state index is -0.975. The summed E-state index contributed by atoms with van der Waals surface area (Å²) in [5.41, 5.74) is 1.13. The van der Waals surface area contributed by atoms with Crippen LogP contribution >= 0.6 is 11.6 Å². The van der Waals surface area contributed by atoms with Crippen LogP contribution in [0, 0.1) is 50.7 Å². The normalized spacial score (nSPS) is 35.4. The highest BCUT2D eigenvalue weighted by Gasteiger charge is 2.70. The molecule has 8 heteroatoms. The van der Waals surface area contributed by atoms with Gasteiger partial charge >= 0.3 is 11.9 Å². The third-order valence-electron chi connectivity index (χ3n) is 16.2. The fraction of sp³-hybridized carbons (Fsp3) is 0.708. The largest absolute Gasteiger partial charge is 0.462 e. The van der Waals surface area contributed by atoms with E-state index in [1.54, 1.807) is 13.8 Å². The number of rotatable bonds is 7. The summed E-state index contributed by atoms with van der Waals surface area (Å²) < 4.78 is 18.7. The van der Waals surface area contributed by atoms with Crippen LogP contribution in [0.4, 0.5) is 0 Å². The molecular weight excluding hydrogens is 722 g/mol. The fourth-order valence-corrected chi connectivity index (χ4v) is 13.5. The molecule has 8 atom stereocenters. The van der Waals surface area contributed by atoms with Gasteiger partial charge in [0.15, 0.2) is 5.78 Å². The van der Waals surface area contributed by atoms with Gasteiger partial charge in [-0.1, -0.05) is 60.1 Å². The van der Waals surface area contributed by atoms with Crippen LogP contribution in [-0.4, -0.2) is 34.4 Å². The van der Waals surface area contributed by atoms with Crippen LogP contribution in [0.5, 0.6) is 0 Å². The predicted molar refractivity (Wildman–Crippen MR) is 220 cm³/mol.